The third kappa shape index (κ3) is 4.23. The summed E-state index contributed by atoms with van der Waals surface area (Å²) in [6, 6.07) is 7.27. The second-order valence-electron chi connectivity index (χ2n) is 7.47. The molecule has 0 saturated heterocycles. The summed E-state index contributed by atoms with van der Waals surface area (Å²) in [4.78, 5) is 0. The highest BCUT2D eigenvalue weighted by molar-refractivity contribution is 5.41. The minimum Gasteiger partial charge on any atom is -0.493 e. The molecule has 0 aromatic heterocycles. The first-order valence-electron chi connectivity index (χ1n) is 8.33. The number of aryl methyl sites for hydroxylation is 1. The fourth-order valence-electron chi connectivity index (χ4n) is 3.45. The van der Waals surface area contributed by atoms with Crippen LogP contribution in [0.2, 0.25) is 0 Å². The zero-order valence-electron chi connectivity index (χ0n) is 14.3. The lowest BCUT2D eigenvalue weighted by molar-refractivity contribution is 0.258. The van der Waals surface area contributed by atoms with Crippen molar-refractivity contribution in [1.82, 2.24) is 5.32 Å². The predicted octanol–water partition coefficient (Wildman–Crippen LogP) is 4.45. The van der Waals surface area contributed by atoms with E-state index in [9.17, 15) is 0 Å². The summed E-state index contributed by atoms with van der Waals surface area (Å²) in [5.74, 6) is 1.85. The zero-order valence-corrected chi connectivity index (χ0v) is 14.3. The first-order valence-corrected chi connectivity index (χ1v) is 8.33. The quantitative estimate of drug-likeness (QED) is 0.864. The fourth-order valence-corrected chi connectivity index (χ4v) is 3.45. The Kier molecular flexibility index (Phi) is 5.32. The molecular formula is C19H31NO. The van der Waals surface area contributed by atoms with Gasteiger partial charge in [0.25, 0.3) is 0 Å². The van der Waals surface area contributed by atoms with Gasteiger partial charge in [-0.25, -0.2) is 0 Å². The molecule has 1 N–H and O–H groups in total. The molecule has 2 atom stereocenters. The summed E-state index contributed by atoms with van der Waals surface area (Å²) in [6.07, 6.45) is 5.17. The van der Waals surface area contributed by atoms with Crippen molar-refractivity contribution in [3.05, 3.63) is 29.3 Å². The fraction of sp³-hybridized carbons (Fsp3) is 0.684. The van der Waals surface area contributed by atoms with Gasteiger partial charge in [-0.1, -0.05) is 39.3 Å². The smallest absolute Gasteiger partial charge is 0.123 e. The van der Waals surface area contributed by atoms with Crippen molar-refractivity contribution in [2.75, 3.05) is 13.7 Å². The van der Waals surface area contributed by atoms with E-state index in [0.717, 1.165) is 24.7 Å². The highest BCUT2D eigenvalue weighted by Gasteiger charge is 2.26. The second-order valence-corrected chi connectivity index (χ2v) is 7.47. The number of ether oxygens (including phenoxy) is 1. The number of benzene rings is 1. The summed E-state index contributed by atoms with van der Waals surface area (Å²) >= 11 is 0. The number of rotatable bonds is 5. The van der Waals surface area contributed by atoms with E-state index in [2.05, 4.69) is 58.3 Å². The van der Waals surface area contributed by atoms with Gasteiger partial charge in [0.1, 0.15) is 5.75 Å². The Morgan fingerprint density at radius 3 is 2.67 bits per heavy atom. The van der Waals surface area contributed by atoms with Crippen LogP contribution >= 0.6 is 0 Å². The molecule has 118 valence electrons. The normalized spacial score (nSPS) is 22.5. The van der Waals surface area contributed by atoms with Crippen molar-refractivity contribution in [2.24, 2.45) is 5.92 Å². The Balaban J connectivity index is 1.98. The summed E-state index contributed by atoms with van der Waals surface area (Å²) in [7, 11) is 2.09. The molecule has 0 spiro atoms. The Hall–Kier alpha value is -1.02. The molecule has 1 fully saturated rings. The molecule has 0 amide bonds. The molecule has 2 unspecified atom stereocenters. The van der Waals surface area contributed by atoms with Crippen LogP contribution in [0, 0.1) is 12.8 Å². The van der Waals surface area contributed by atoms with E-state index in [-0.39, 0.29) is 5.41 Å². The van der Waals surface area contributed by atoms with E-state index >= 15 is 0 Å². The zero-order chi connectivity index (χ0) is 15.5. The maximum absolute atomic E-state index is 6.17. The summed E-state index contributed by atoms with van der Waals surface area (Å²) in [5, 5.41) is 3.45. The monoisotopic (exact) mass is 289 g/mol. The lowest BCUT2D eigenvalue weighted by Gasteiger charge is -2.24. The van der Waals surface area contributed by atoms with Crippen molar-refractivity contribution < 1.29 is 4.74 Å². The van der Waals surface area contributed by atoms with Crippen LogP contribution in [0.3, 0.4) is 0 Å². The Morgan fingerprint density at radius 2 is 2.00 bits per heavy atom. The van der Waals surface area contributed by atoms with Gasteiger partial charge in [0, 0.05) is 6.04 Å². The molecule has 21 heavy (non-hydrogen) atoms. The van der Waals surface area contributed by atoms with Gasteiger partial charge in [-0.3, -0.25) is 0 Å². The van der Waals surface area contributed by atoms with Gasteiger partial charge in [-0.2, -0.15) is 0 Å². The van der Waals surface area contributed by atoms with Gasteiger partial charge in [0.05, 0.1) is 6.61 Å². The van der Waals surface area contributed by atoms with Gasteiger partial charge in [0.2, 0.25) is 0 Å². The highest BCUT2D eigenvalue weighted by atomic mass is 16.5. The van der Waals surface area contributed by atoms with E-state index in [1.54, 1.807) is 0 Å². The third-order valence-corrected chi connectivity index (χ3v) is 4.72. The van der Waals surface area contributed by atoms with Crippen LogP contribution in [0.4, 0.5) is 0 Å². The first kappa shape index (κ1) is 16.4. The van der Waals surface area contributed by atoms with Crippen LogP contribution in [0.15, 0.2) is 18.2 Å². The van der Waals surface area contributed by atoms with Gasteiger partial charge in [0.15, 0.2) is 0 Å². The maximum atomic E-state index is 6.17. The molecular weight excluding hydrogens is 258 g/mol. The average molecular weight is 289 g/mol. The minimum absolute atomic E-state index is 0.129. The van der Waals surface area contributed by atoms with Crippen LogP contribution in [-0.2, 0) is 5.41 Å². The molecule has 1 aliphatic carbocycles. The van der Waals surface area contributed by atoms with Crippen LogP contribution in [0.25, 0.3) is 0 Å². The lowest BCUT2D eigenvalue weighted by Crippen LogP contribution is -2.29. The molecule has 2 heteroatoms. The molecule has 0 bridgehead atoms. The van der Waals surface area contributed by atoms with Gasteiger partial charge in [-0.05, 0) is 61.8 Å². The minimum atomic E-state index is 0.129. The van der Waals surface area contributed by atoms with Crippen molar-refractivity contribution >= 4 is 0 Å². The standard InChI is InChI=1S/C19H31NO/c1-14-9-10-16(19(2,3)4)18(13-14)21-12-11-15-7-6-8-17(15)20-5/h9-10,13,15,17,20H,6-8,11-12H2,1-5H3. The number of nitrogens with one attached hydrogen (secondary N) is 1. The topological polar surface area (TPSA) is 21.3 Å². The van der Waals surface area contributed by atoms with E-state index in [4.69, 9.17) is 4.74 Å². The SMILES string of the molecule is CNC1CCCC1CCOc1cc(C)ccc1C(C)(C)C. The molecule has 2 nitrogen and oxygen atoms in total. The van der Waals surface area contributed by atoms with Crippen molar-refractivity contribution in [1.29, 1.82) is 0 Å². The van der Waals surface area contributed by atoms with Crippen LogP contribution in [0.1, 0.15) is 57.6 Å². The van der Waals surface area contributed by atoms with E-state index < -0.39 is 0 Å². The Morgan fingerprint density at radius 1 is 1.24 bits per heavy atom. The van der Waals surface area contributed by atoms with Crippen LogP contribution < -0.4 is 10.1 Å². The lowest BCUT2D eigenvalue weighted by atomic mass is 9.86. The Labute approximate surface area is 130 Å². The third-order valence-electron chi connectivity index (χ3n) is 4.72. The molecule has 0 radical (unpaired) electrons. The molecule has 2 rings (SSSR count). The molecule has 0 aliphatic heterocycles. The van der Waals surface area contributed by atoms with E-state index in [1.165, 1.54) is 30.4 Å². The van der Waals surface area contributed by atoms with E-state index in [0.29, 0.717) is 6.04 Å². The van der Waals surface area contributed by atoms with Crippen molar-refractivity contribution in [3.8, 4) is 5.75 Å². The van der Waals surface area contributed by atoms with Crippen molar-refractivity contribution in [2.45, 2.75) is 64.8 Å². The van der Waals surface area contributed by atoms with Gasteiger partial charge in [-0.15, -0.1) is 0 Å². The predicted molar refractivity (Wildman–Crippen MR) is 90.2 cm³/mol. The molecule has 1 aromatic carbocycles. The van der Waals surface area contributed by atoms with Crippen LogP contribution in [0.5, 0.6) is 5.75 Å². The Bertz CT molecular complexity index is 461. The van der Waals surface area contributed by atoms with Crippen LogP contribution in [-0.4, -0.2) is 19.7 Å². The highest BCUT2D eigenvalue weighted by Crippen LogP contribution is 2.33. The van der Waals surface area contributed by atoms with Gasteiger partial charge >= 0.3 is 0 Å². The number of hydrogen-bond donors (Lipinski definition) is 1. The van der Waals surface area contributed by atoms with Crippen molar-refractivity contribution in [3.63, 3.8) is 0 Å². The molecule has 0 heterocycles. The first-order chi connectivity index (χ1) is 9.91. The molecule has 1 aromatic rings. The molecule has 1 saturated carbocycles. The summed E-state index contributed by atoms with van der Waals surface area (Å²) < 4.78 is 6.17. The second kappa shape index (κ2) is 6.83. The van der Waals surface area contributed by atoms with E-state index in [1.807, 2.05) is 0 Å². The molecule has 1 aliphatic rings. The number of hydrogen-bond acceptors (Lipinski definition) is 2. The average Bonchev–Trinajstić information content (AvgIpc) is 2.85. The largest absolute Gasteiger partial charge is 0.493 e. The summed E-state index contributed by atoms with van der Waals surface area (Å²) in [5.41, 5.74) is 2.71. The summed E-state index contributed by atoms with van der Waals surface area (Å²) in [6.45, 7) is 9.71. The van der Waals surface area contributed by atoms with Gasteiger partial charge < -0.3 is 10.1 Å². The maximum Gasteiger partial charge on any atom is 0.123 e.